The molecule has 2 fully saturated rings. The summed E-state index contributed by atoms with van der Waals surface area (Å²) in [4.78, 5) is 19.4. The molecular formula is C21H33N3O. The zero-order valence-corrected chi connectivity index (χ0v) is 16.2. The first-order chi connectivity index (χ1) is 11.9. The van der Waals surface area contributed by atoms with Gasteiger partial charge >= 0.3 is 0 Å². The van der Waals surface area contributed by atoms with Crippen LogP contribution in [0, 0.1) is 0 Å². The van der Waals surface area contributed by atoms with Crippen LogP contribution in [0.25, 0.3) is 0 Å². The normalized spacial score (nSPS) is 25.6. The minimum absolute atomic E-state index is 0.155. The SMILES string of the molecule is C=C1CN(C/C=C\C(=O)N2CCC(C)=C(C)C2)C2(CCN(C)CC2)C1. The average Bonchev–Trinajstić information content (AvgIpc) is 2.88. The summed E-state index contributed by atoms with van der Waals surface area (Å²) in [7, 11) is 2.20. The topological polar surface area (TPSA) is 26.8 Å². The van der Waals surface area contributed by atoms with Gasteiger partial charge in [-0.05, 0) is 59.7 Å². The molecule has 25 heavy (non-hydrogen) atoms. The van der Waals surface area contributed by atoms with E-state index < -0.39 is 0 Å². The Balaban J connectivity index is 1.57. The Hall–Kier alpha value is -1.39. The molecule has 2 saturated heterocycles. The van der Waals surface area contributed by atoms with Gasteiger partial charge in [-0.15, -0.1) is 0 Å². The van der Waals surface area contributed by atoms with Gasteiger partial charge in [0.15, 0.2) is 0 Å². The number of likely N-dealkylation sites (tertiary alicyclic amines) is 2. The number of amides is 1. The molecule has 4 heteroatoms. The molecule has 3 aliphatic heterocycles. The number of piperidine rings is 1. The predicted octanol–water partition coefficient (Wildman–Crippen LogP) is 2.84. The van der Waals surface area contributed by atoms with Crippen molar-refractivity contribution in [2.75, 3.05) is 46.3 Å². The molecule has 1 spiro atoms. The van der Waals surface area contributed by atoms with Crippen LogP contribution in [-0.4, -0.2) is 72.5 Å². The highest BCUT2D eigenvalue weighted by Crippen LogP contribution is 2.39. The van der Waals surface area contributed by atoms with E-state index in [1.54, 1.807) is 6.08 Å². The van der Waals surface area contributed by atoms with E-state index in [2.05, 4.69) is 43.3 Å². The molecule has 3 aliphatic rings. The molecule has 0 radical (unpaired) electrons. The van der Waals surface area contributed by atoms with Gasteiger partial charge in [-0.2, -0.15) is 0 Å². The van der Waals surface area contributed by atoms with Crippen molar-refractivity contribution in [3.05, 3.63) is 35.5 Å². The summed E-state index contributed by atoms with van der Waals surface area (Å²) >= 11 is 0. The Kier molecular flexibility index (Phi) is 5.49. The van der Waals surface area contributed by atoms with Gasteiger partial charge in [-0.1, -0.05) is 29.4 Å². The second kappa shape index (κ2) is 7.46. The fourth-order valence-corrected chi connectivity index (χ4v) is 4.45. The monoisotopic (exact) mass is 343 g/mol. The number of rotatable bonds is 3. The van der Waals surface area contributed by atoms with E-state index in [0.29, 0.717) is 0 Å². The highest BCUT2D eigenvalue weighted by Gasteiger charge is 2.43. The van der Waals surface area contributed by atoms with Crippen molar-refractivity contribution in [1.82, 2.24) is 14.7 Å². The number of hydrogen-bond donors (Lipinski definition) is 0. The van der Waals surface area contributed by atoms with Gasteiger partial charge in [0, 0.05) is 37.8 Å². The van der Waals surface area contributed by atoms with Crippen LogP contribution in [0.15, 0.2) is 35.5 Å². The zero-order valence-electron chi connectivity index (χ0n) is 16.2. The minimum Gasteiger partial charge on any atom is -0.335 e. The van der Waals surface area contributed by atoms with Crippen molar-refractivity contribution in [2.45, 2.75) is 45.1 Å². The quantitative estimate of drug-likeness (QED) is 0.582. The van der Waals surface area contributed by atoms with Crippen molar-refractivity contribution in [2.24, 2.45) is 0 Å². The van der Waals surface area contributed by atoms with Crippen molar-refractivity contribution in [1.29, 1.82) is 0 Å². The van der Waals surface area contributed by atoms with Crippen LogP contribution in [0.3, 0.4) is 0 Å². The van der Waals surface area contributed by atoms with E-state index >= 15 is 0 Å². The lowest BCUT2D eigenvalue weighted by atomic mass is 9.84. The third-order valence-electron chi connectivity index (χ3n) is 6.39. The van der Waals surface area contributed by atoms with Gasteiger partial charge in [0.2, 0.25) is 5.91 Å². The molecule has 0 aromatic carbocycles. The Bertz CT molecular complexity index is 596. The van der Waals surface area contributed by atoms with E-state index in [4.69, 9.17) is 0 Å². The van der Waals surface area contributed by atoms with E-state index in [-0.39, 0.29) is 11.4 Å². The largest absolute Gasteiger partial charge is 0.335 e. The number of hydrogen-bond acceptors (Lipinski definition) is 3. The molecule has 0 saturated carbocycles. The third-order valence-corrected chi connectivity index (χ3v) is 6.39. The van der Waals surface area contributed by atoms with E-state index in [1.807, 2.05) is 4.90 Å². The Labute approximate surface area is 152 Å². The fraction of sp³-hybridized carbons (Fsp3) is 0.667. The average molecular weight is 344 g/mol. The smallest absolute Gasteiger partial charge is 0.246 e. The predicted molar refractivity (Wildman–Crippen MR) is 104 cm³/mol. The summed E-state index contributed by atoms with van der Waals surface area (Å²) in [5.74, 6) is 0.155. The van der Waals surface area contributed by atoms with Crippen LogP contribution in [-0.2, 0) is 4.79 Å². The molecule has 1 amide bonds. The summed E-state index contributed by atoms with van der Waals surface area (Å²) in [6, 6.07) is 0. The van der Waals surface area contributed by atoms with E-state index in [9.17, 15) is 4.79 Å². The second-order valence-corrected chi connectivity index (χ2v) is 8.31. The van der Waals surface area contributed by atoms with Crippen molar-refractivity contribution in [3.63, 3.8) is 0 Å². The van der Waals surface area contributed by atoms with Gasteiger partial charge in [0.1, 0.15) is 0 Å². The van der Waals surface area contributed by atoms with Crippen LogP contribution < -0.4 is 0 Å². The Morgan fingerprint density at radius 2 is 1.88 bits per heavy atom. The van der Waals surface area contributed by atoms with Crippen LogP contribution in [0.1, 0.15) is 39.5 Å². The van der Waals surface area contributed by atoms with Crippen molar-refractivity contribution in [3.8, 4) is 0 Å². The second-order valence-electron chi connectivity index (χ2n) is 8.31. The number of carbonyl (C=O) groups excluding carboxylic acids is 1. The molecule has 4 nitrogen and oxygen atoms in total. The Morgan fingerprint density at radius 3 is 2.56 bits per heavy atom. The summed E-state index contributed by atoms with van der Waals surface area (Å²) in [6.45, 7) is 14.3. The molecule has 0 N–H and O–H groups in total. The molecule has 0 aromatic heterocycles. The highest BCUT2D eigenvalue weighted by atomic mass is 16.2. The van der Waals surface area contributed by atoms with E-state index in [0.717, 1.165) is 52.1 Å². The fourth-order valence-electron chi connectivity index (χ4n) is 4.45. The van der Waals surface area contributed by atoms with Gasteiger partial charge in [0.05, 0.1) is 0 Å². The van der Waals surface area contributed by atoms with Gasteiger partial charge in [0.25, 0.3) is 0 Å². The highest BCUT2D eigenvalue weighted by molar-refractivity contribution is 5.88. The zero-order chi connectivity index (χ0) is 18.0. The van der Waals surface area contributed by atoms with Crippen LogP contribution in [0.2, 0.25) is 0 Å². The molecular weight excluding hydrogens is 310 g/mol. The van der Waals surface area contributed by atoms with Gasteiger partial charge in [-0.3, -0.25) is 9.69 Å². The lowest BCUT2D eigenvalue weighted by molar-refractivity contribution is -0.125. The van der Waals surface area contributed by atoms with Crippen LogP contribution in [0.4, 0.5) is 0 Å². The maximum Gasteiger partial charge on any atom is 0.246 e. The van der Waals surface area contributed by atoms with Crippen molar-refractivity contribution < 1.29 is 4.79 Å². The van der Waals surface area contributed by atoms with Gasteiger partial charge < -0.3 is 9.80 Å². The first kappa shape index (κ1) is 18.4. The maximum atomic E-state index is 12.5. The van der Waals surface area contributed by atoms with Crippen molar-refractivity contribution >= 4 is 5.91 Å². The van der Waals surface area contributed by atoms with Crippen LogP contribution in [0.5, 0.6) is 0 Å². The first-order valence-corrected chi connectivity index (χ1v) is 9.60. The van der Waals surface area contributed by atoms with E-state index in [1.165, 1.54) is 29.6 Å². The molecule has 0 aliphatic carbocycles. The number of carbonyl (C=O) groups is 1. The molecule has 3 heterocycles. The summed E-state index contributed by atoms with van der Waals surface area (Å²) in [5.41, 5.74) is 4.40. The maximum absolute atomic E-state index is 12.5. The molecule has 3 rings (SSSR count). The van der Waals surface area contributed by atoms with Gasteiger partial charge in [-0.25, -0.2) is 0 Å². The molecule has 0 unspecified atom stereocenters. The third kappa shape index (κ3) is 4.06. The molecule has 0 aromatic rings. The molecule has 0 bridgehead atoms. The standard InChI is InChI=1S/C21H33N3O/c1-17-14-21(8-12-22(4)13-9-21)24(15-17)10-5-6-20(25)23-11-7-18(2)19(3)16-23/h5-6H,1,7-16H2,2-4H3/b6-5-. The van der Waals surface area contributed by atoms with Crippen LogP contribution >= 0.6 is 0 Å². The molecule has 0 atom stereocenters. The number of nitrogens with zero attached hydrogens (tertiary/aromatic N) is 3. The minimum atomic E-state index is 0.155. The first-order valence-electron chi connectivity index (χ1n) is 9.60. The summed E-state index contributed by atoms with van der Waals surface area (Å²) in [5, 5.41) is 0. The lowest BCUT2D eigenvalue weighted by Crippen LogP contribution is -2.51. The molecule has 138 valence electrons. The summed E-state index contributed by atoms with van der Waals surface area (Å²) in [6.07, 6.45) is 8.41. The summed E-state index contributed by atoms with van der Waals surface area (Å²) < 4.78 is 0. The Morgan fingerprint density at radius 1 is 1.16 bits per heavy atom. The lowest BCUT2D eigenvalue weighted by Gasteiger charge is -2.43.